The summed E-state index contributed by atoms with van der Waals surface area (Å²) in [6.07, 6.45) is 3.33. The Morgan fingerprint density at radius 2 is 1.55 bits per heavy atom. The molecule has 162 valence electrons. The molecular weight excluding hydrogens is 437 g/mol. The summed E-state index contributed by atoms with van der Waals surface area (Å²) < 4.78 is 0. The molecule has 31 heavy (non-hydrogen) atoms. The van der Waals surface area contributed by atoms with Crippen LogP contribution in [0.3, 0.4) is 0 Å². The van der Waals surface area contributed by atoms with Crippen LogP contribution in [0.15, 0.2) is 42.5 Å². The fourth-order valence-corrected chi connectivity index (χ4v) is 4.71. The zero-order valence-corrected chi connectivity index (χ0v) is 18.5. The molecule has 0 saturated carbocycles. The number of amides is 3. The van der Waals surface area contributed by atoms with Crippen LogP contribution in [-0.2, 0) is 4.79 Å². The van der Waals surface area contributed by atoms with Gasteiger partial charge in [-0.25, -0.2) is 0 Å². The van der Waals surface area contributed by atoms with Gasteiger partial charge in [-0.2, -0.15) is 0 Å². The van der Waals surface area contributed by atoms with Gasteiger partial charge in [0.15, 0.2) is 0 Å². The summed E-state index contributed by atoms with van der Waals surface area (Å²) in [5.41, 5.74) is 1.45. The molecule has 2 heterocycles. The van der Waals surface area contributed by atoms with Crippen molar-refractivity contribution in [2.75, 3.05) is 25.0 Å². The van der Waals surface area contributed by atoms with E-state index in [9.17, 15) is 14.4 Å². The van der Waals surface area contributed by atoms with E-state index in [1.165, 1.54) is 0 Å². The first-order valence-corrected chi connectivity index (χ1v) is 11.2. The van der Waals surface area contributed by atoms with E-state index in [0.29, 0.717) is 39.8 Å². The van der Waals surface area contributed by atoms with Crippen molar-refractivity contribution in [3.63, 3.8) is 0 Å². The van der Waals surface area contributed by atoms with Crippen molar-refractivity contribution in [3.05, 3.63) is 63.6 Å². The Bertz CT molecular complexity index is 1000. The van der Waals surface area contributed by atoms with Crippen LogP contribution in [-0.4, -0.2) is 53.2 Å². The fourth-order valence-electron chi connectivity index (χ4n) is 4.18. The molecule has 4 rings (SSSR count). The fraction of sp³-hybridized carbons (Fsp3) is 0.348. The molecule has 2 saturated heterocycles. The van der Waals surface area contributed by atoms with Gasteiger partial charge in [0.25, 0.3) is 11.8 Å². The molecule has 1 N–H and O–H groups in total. The van der Waals surface area contributed by atoms with E-state index in [1.54, 1.807) is 47.4 Å². The Hall–Kier alpha value is -2.57. The molecule has 0 aromatic heterocycles. The minimum Gasteiger partial charge on any atom is -0.339 e. The lowest BCUT2D eigenvalue weighted by atomic mass is 10.1. The number of benzene rings is 2. The van der Waals surface area contributed by atoms with E-state index in [0.717, 1.165) is 32.4 Å². The Kier molecular flexibility index (Phi) is 6.49. The van der Waals surface area contributed by atoms with Crippen molar-refractivity contribution < 1.29 is 14.4 Å². The van der Waals surface area contributed by atoms with Gasteiger partial charge in [-0.15, -0.1) is 0 Å². The van der Waals surface area contributed by atoms with Crippen LogP contribution in [0.25, 0.3) is 0 Å². The predicted molar refractivity (Wildman–Crippen MR) is 121 cm³/mol. The summed E-state index contributed by atoms with van der Waals surface area (Å²) in [5, 5.41) is 3.61. The van der Waals surface area contributed by atoms with Gasteiger partial charge in [-0.3, -0.25) is 14.4 Å². The molecule has 8 heteroatoms. The second kappa shape index (κ2) is 9.28. The lowest BCUT2D eigenvalue weighted by Crippen LogP contribution is -2.43. The molecule has 3 amide bonds. The highest BCUT2D eigenvalue weighted by Gasteiger charge is 2.35. The molecule has 2 fully saturated rings. The minimum absolute atomic E-state index is 0.0240. The van der Waals surface area contributed by atoms with Crippen molar-refractivity contribution in [2.45, 2.75) is 31.7 Å². The maximum atomic E-state index is 13.0. The molecule has 0 aliphatic carbocycles. The van der Waals surface area contributed by atoms with Gasteiger partial charge < -0.3 is 15.1 Å². The molecule has 6 nitrogen and oxygen atoms in total. The Morgan fingerprint density at radius 1 is 0.839 bits per heavy atom. The van der Waals surface area contributed by atoms with Gasteiger partial charge in [0.1, 0.15) is 6.04 Å². The maximum absolute atomic E-state index is 13.0. The van der Waals surface area contributed by atoms with Crippen molar-refractivity contribution >= 4 is 46.6 Å². The maximum Gasteiger partial charge on any atom is 0.254 e. The molecule has 2 aromatic carbocycles. The number of likely N-dealkylation sites (tertiary alicyclic amines) is 2. The van der Waals surface area contributed by atoms with Gasteiger partial charge >= 0.3 is 0 Å². The summed E-state index contributed by atoms with van der Waals surface area (Å²) in [6, 6.07) is 11.0. The largest absolute Gasteiger partial charge is 0.339 e. The van der Waals surface area contributed by atoms with E-state index in [1.807, 2.05) is 4.90 Å². The highest BCUT2D eigenvalue weighted by Crippen LogP contribution is 2.25. The molecule has 2 aromatic rings. The van der Waals surface area contributed by atoms with Crippen LogP contribution in [0.2, 0.25) is 10.0 Å². The number of rotatable bonds is 4. The van der Waals surface area contributed by atoms with E-state index < -0.39 is 6.04 Å². The number of hydrogen-bond acceptors (Lipinski definition) is 3. The van der Waals surface area contributed by atoms with E-state index in [4.69, 9.17) is 23.2 Å². The lowest BCUT2D eigenvalue weighted by molar-refractivity contribution is -0.119. The molecule has 0 radical (unpaired) electrons. The van der Waals surface area contributed by atoms with Crippen molar-refractivity contribution in [3.8, 4) is 0 Å². The second-order valence-electron chi connectivity index (χ2n) is 7.88. The van der Waals surface area contributed by atoms with Crippen LogP contribution < -0.4 is 5.32 Å². The zero-order chi connectivity index (χ0) is 22.0. The van der Waals surface area contributed by atoms with Gasteiger partial charge in [0.05, 0.1) is 0 Å². The second-order valence-corrected chi connectivity index (χ2v) is 8.76. The molecule has 2 aliphatic heterocycles. The molecule has 0 spiro atoms. The lowest BCUT2D eigenvalue weighted by Gasteiger charge is -2.24. The van der Waals surface area contributed by atoms with Gasteiger partial charge in [0, 0.05) is 46.5 Å². The average molecular weight is 460 g/mol. The van der Waals surface area contributed by atoms with Crippen molar-refractivity contribution in [1.82, 2.24) is 9.80 Å². The van der Waals surface area contributed by atoms with E-state index in [2.05, 4.69) is 5.32 Å². The average Bonchev–Trinajstić information content (AvgIpc) is 3.44. The van der Waals surface area contributed by atoms with Crippen molar-refractivity contribution in [1.29, 1.82) is 0 Å². The van der Waals surface area contributed by atoms with Gasteiger partial charge in [0.2, 0.25) is 5.91 Å². The Balaban J connectivity index is 1.47. The molecule has 1 atom stereocenters. The third-order valence-corrected chi connectivity index (χ3v) is 6.13. The summed E-state index contributed by atoms with van der Waals surface area (Å²) in [4.78, 5) is 42.0. The Labute approximate surface area is 191 Å². The molecule has 1 unspecified atom stereocenters. The number of anilines is 1. The van der Waals surface area contributed by atoms with Crippen LogP contribution in [0.1, 0.15) is 46.4 Å². The first kappa shape index (κ1) is 21.7. The van der Waals surface area contributed by atoms with E-state index >= 15 is 0 Å². The van der Waals surface area contributed by atoms with Gasteiger partial charge in [-0.05, 0) is 62.1 Å². The predicted octanol–water partition coefficient (Wildman–Crippen LogP) is 4.47. The first-order valence-electron chi connectivity index (χ1n) is 10.4. The zero-order valence-electron chi connectivity index (χ0n) is 16.9. The monoisotopic (exact) mass is 459 g/mol. The third-order valence-electron chi connectivity index (χ3n) is 5.70. The molecule has 2 aliphatic rings. The van der Waals surface area contributed by atoms with Crippen LogP contribution in [0, 0.1) is 0 Å². The number of carbonyl (C=O) groups excluding carboxylic acids is 3. The third kappa shape index (κ3) is 4.86. The van der Waals surface area contributed by atoms with Crippen LogP contribution in [0.4, 0.5) is 5.69 Å². The van der Waals surface area contributed by atoms with Crippen LogP contribution >= 0.6 is 23.2 Å². The van der Waals surface area contributed by atoms with Gasteiger partial charge in [-0.1, -0.05) is 29.3 Å². The minimum atomic E-state index is -0.594. The van der Waals surface area contributed by atoms with Crippen molar-refractivity contribution in [2.24, 2.45) is 0 Å². The highest BCUT2D eigenvalue weighted by atomic mass is 35.5. The highest BCUT2D eigenvalue weighted by molar-refractivity contribution is 6.35. The number of nitrogens with one attached hydrogen (secondary N) is 1. The summed E-state index contributed by atoms with van der Waals surface area (Å²) >= 11 is 12.1. The molecular formula is C23H23Cl2N3O3. The number of nitrogens with zero attached hydrogens (tertiary/aromatic N) is 2. The quantitative estimate of drug-likeness (QED) is 0.732. The first-order chi connectivity index (χ1) is 14.9. The molecule has 0 bridgehead atoms. The standard InChI is InChI=1S/C23H23Cl2N3O3/c24-17-11-16(12-18(25)14-17)23(31)28-10-4-7-20(28)21(29)26-19-6-3-5-15(13-19)22(30)27-8-1-2-9-27/h3,5-6,11-14,20H,1-2,4,7-10H2,(H,26,29). The summed E-state index contributed by atoms with van der Waals surface area (Å²) in [6.45, 7) is 2.01. The Morgan fingerprint density at radius 3 is 2.26 bits per heavy atom. The van der Waals surface area contributed by atoms with E-state index in [-0.39, 0.29) is 17.7 Å². The number of hydrogen-bond donors (Lipinski definition) is 1. The normalized spacial score (nSPS) is 18.3. The SMILES string of the molecule is O=C(Nc1cccc(C(=O)N2CCCC2)c1)C1CCCN1C(=O)c1cc(Cl)cc(Cl)c1. The number of carbonyl (C=O) groups is 3. The summed E-state index contributed by atoms with van der Waals surface area (Å²) in [7, 11) is 0. The topological polar surface area (TPSA) is 69.7 Å². The number of halogens is 2. The summed E-state index contributed by atoms with van der Waals surface area (Å²) in [5.74, 6) is -0.575. The van der Waals surface area contributed by atoms with Crippen LogP contribution in [0.5, 0.6) is 0 Å². The smallest absolute Gasteiger partial charge is 0.254 e.